The molecule has 5 nitrogen and oxygen atoms in total. The van der Waals surface area contributed by atoms with Crippen molar-refractivity contribution in [3.63, 3.8) is 0 Å². The molecule has 0 unspecified atom stereocenters. The SMILES string of the molecule is O=C(N/N=C\c1ccc(OCc2ccccc2)c(I)c1)c1cc2cc(Br)cc(I)c2o1. The van der Waals surface area contributed by atoms with E-state index in [2.05, 4.69) is 71.6 Å². The molecule has 8 heteroatoms. The molecule has 4 rings (SSSR count). The standard InChI is InChI=1S/C23H15BrI2N2O3/c24-17-9-16-10-21(31-22(16)19(26)11-17)23(29)28-27-12-15-6-7-20(18(25)8-15)30-13-14-4-2-1-3-5-14/h1-12H,13H2,(H,28,29)/b27-12-. The number of rotatable bonds is 6. The van der Waals surface area contributed by atoms with E-state index in [1.54, 1.807) is 12.3 Å². The quantitative estimate of drug-likeness (QED) is 0.138. The minimum absolute atomic E-state index is 0.211. The van der Waals surface area contributed by atoms with Crippen molar-refractivity contribution in [2.75, 3.05) is 0 Å². The van der Waals surface area contributed by atoms with Gasteiger partial charge in [0.15, 0.2) is 5.76 Å². The van der Waals surface area contributed by atoms with Crippen molar-refractivity contribution in [3.8, 4) is 5.75 Å². The van der Waals surface area contributed by atoms with Crippen LogP contribution in [0.1, 0.15) is 21.7 Å². The summed E-state index contributed by atoms with van der Waals surface area (Å²) in [4.78, 5) is 12.4. The Labute approximate surface area is 214 Å². The van der Waals surface area contributed by atoms with Crippen molar-refractivity contribution in [1.82, 2.24) is 5.43 Å². The summed E-state index contributed by atoms with van der Waals surface area (Å²) in [5.74, 6) is 0.605. The number of benzene rings is 3. The summed E-state index contributed by atoms with van der Waals surface area (Å²) < 4.78 is 14.4. The number of carbonyl (C=O) groups is 1. The van der Waals surface area contributed by atoms with E-state index in [9.17, 15) is 4.79 Å². The number of halogens is 3. The lowest BCUT2D eigenvalue weighted by Gasteiger charge is -2.08. The van der Waals surface area contributed by atoms with Crippen LogP contribution < -0.4 is 10.2 Å². The Hall–Kier alpha value is -1.92. The van der Waals surface area contributed by atoms with Gasteiger partial charge in [-0.05, 0) is 92.7 Å². The zero-order valence-electron chi connectivity index (χ0n) is 15.9. The summed E-state index contributed by atoms with van der Waals surface area (Å²) in [5.41, 5.74) is 5.15. The topological polar surface area (TPSA) is 63.8 Å². The summed E-state index contributed by atoms with van der Waals surface area (Å²) in [6.07, 6.45) is 1.59. The first-order chi connectivity index (χ1) is 15.0. The lowest BCUT2D eigenvalue weighted by Crippen LogP contribution is -2.16. The molecule has 0 saturated carbocycles. The van der Waals surface area contributed by atoms with Crippen LogP contribution in [0.5, 0.6) is 5.75 Å². The van der Waals surface area contributed by atoms with Gasteiger partial charge in [-0.15, -0.1) is 0 Å². The van der Waals surface area contributed by atoms with Crippen LogP contribution in [0.2, 0.25) is 0 Å². The molecule has 0 fully saturated rings. The summed E-state index contributed by atoms with van der Waals surface area (Å²) in [5, 5.41) is 4.91. The molecule has 4 aromatic rings. The van der Waals surface area contributed by atoms with Gasteiger partial charge in [-0.1, -0.05) is 46.3 Å². The number of hydrazone groups is 1. The fourth-order valence-corrected chi connectivity index (χ4v) is 5.21. The predicted molar refractivity (Wildman–Crippen MR) is 142 cm³/mol. The van der Waals surface area contributed by atoms with E-state index in [1.165, 1.54) is 0 Å². The second-order valence-corrected chi connectivity index (χ2v) is 9.82. The fraction of sp³-hybridized carbons (Fsp3) is 0.0435. The highest BCUT2D eigenvalue weighted by molar-refractivity contribution is 14.1. The Morgan fingerprint density at radius 1 is 1.06 bits per heavy atom. The van der Waals surface area contributed by atoms with Crippen molar-refractivity contribution < 1.29 is 13.9 Å². The van der Waals surface area contributed by atoms with Gasteiger partial charge in [0.2, 0.25) is 0 Å². The van der Waals surface area contributed by atoms with E-state index in [4.69, 9.17) is 9.15 Å². The highest BCUT2D eigenvalue weighted by atomic mass is 127. The minimum atomic E-state index is -0.406. The highest BCUT2D eigenvalue weighted by Gasteiger charge is 2.14. The van der Waals surface area contributed by atoms with Crippen LogP contribution in [0, 0.1) is 7.14 Å². The van der Waals surface area contributed by atoms with Gasteiger partial charge in [-0.3, -0.25) is 4.79 Å². The first-order valence-corrected chi connectivity index (χ1v) is 12.1. The molecule has 0 saturated heterocycles. The summed E-state index contributed by atoms with van der Waals surface area (Å²) in [6, 6.07) is 21.3. The smallest absolute Gasteiger partial charge is 0.307 e. The number of hydrogen-bond donors (Lipinski definition) is 1. The van der Waals surface area contributed by atoms with Crippen molar-refractivity contribution in [2.24, 2.45) is 5.10 Å². The van der Waals surface area contributed by atoms with Gasteiger partial charge in [-0.25, -0.2) is 5.43 Å². The van der Waals surface area contributed by atoms with Crippen LogP contribution in [-0.2, 0) is 6.61 Å². The van der Waals surface area contributed by atoms with Crippen molar-refractivity contribution >= 4 is 84.2 Å². The Balaban J connectivity index is 1.39. The number of furan rings is 1. The molecule has 1 aromatic heterocycles. The molecule has 3 aromatic carbocycles. The second-order valence-electron chi connectivity index (χ2n) is 6.58. The largest absolute Gasteiger partial charge is 0.488 e. The van der Waals surface area contributed by atoms with Crippen LogP contribution in [0.3, 0.4) is 0 Å². The number of carbonyl (C=O) groups excluding carboxylic acids is 1. The van der Waals surface area contributed by atoms with E-state index in [1.807, 2.05) is 60.7 Å². The monoisotopic (exact) mass is 700 g/mol. The number of nitrogens with zero attached hydrogens (tertiary/aromatic N) is 1. The van der Waals surface area contributed by atoms with Gasteiger partial charge >= 0.3 is 5.91 Å². The van der Waals surface area contributed by atoms with Crippen LogP contribution in [0.25, 0.3) is 11.0 Å². The Morgan fingerprint density at radius 3 is 2.65 bits per heavy atom. The summed E-state index contributed by atoms with van der Waals surface area (Å²) in [7, 11) is 0. The third-order valence-electron chi connectivity index (χ3n) is 4.33. The van der Waals surface area contributed by atoms with E-state index in [0.29, 0.717) is 12.2 Å². The summed E-state index contributed by atoms with van der Waals surface area (Å²) in [6.45, 7) is 0.507. The lowest BCUT2D eigenvalue weighted by atomic mass is 10.2. The molecule has 1 heterocycles. The highest BCUT2D eigenvalue weighted by Crippen LogP contribution is 2.28. The van der Waals surface area contributed by atoms with Crippen LogP contribution in [0.15, 0.2) is 80.7 Å². The molecule has 0 radical (unpaired) electrons. The van der Waals surface area contributed by atoms with Crippen LogP contribution in [-0.4, -0.2) is 12.1 Å². The first-order valence-electron chi connectivity index (χ1n) is 9.18. The number of amides is 1. The van der Waals surface area contributed by atoms with Gasteiger partial charge in [0.25, 0.3) is 0 Å². The third-order valence-corrected chi connectivity index (χ3v) is 6.43. The number of ether oxygens (including phenoxy) is 1. The van der Waals surface area contributed by atoms with E-state index in [-0.39, 0.29) is 5.76 Å². The van der Waals surface area contributed by atoms with Crippen LogP contribution >= 0.6 is 61.1 Å². The van der Waals surface area contributed by atoms with Crippen molar-refractivity contribution in [2.45, 2.75) is 6.61 Å². The molecule has 0 aliphatic heterocycles. The maximum absolute atomic E-state index is 12.4. The van der Waals surface area contributed by atoms with Gasteiger partial charge in [0.1, 0.15) is 17.9 Å². The van der Waals surface area contributed by atoms with E-state index >= 15 is 0 Å². The Morgan fingerprint density at radius 2 is 1.87 bits per heavy atom. The molecule has 0 bridgehead atoms. The van der Waals surface area contributed by atoms with Crippen molar-refractivity contribution in [3.05, 3.63) is 95.2 Å². The lowest BCUT2D eigenvalue weighted by molar-refractivity contribution is 0.0929. The number of nitrogens with one attached hydrogen (secondary N) is 1. The molecule has 0 atom stereocenters. The van der Waals surface area contributed by atoms with Gasteiger partial charge < -0.3 is 9.15 Å². The molecule has 156 valence electrons. The number of hydrogen-bond acceptors (Lipinski definition) is 4. The molecule has 1 N–H and O–H groups in total. The number of fused-ring (bicyclic) bond motifs is 1. The third kappa shape index (κ3) is 5.66. The maximum atomic E-state index is 12.4. The molecule has 0 aliphatic rings. The maximum Gasteiger partial charge on any atom is 0.307 e. The zero-order chi connectivity index (χ0) is 21.8. The van der Waals surface area contributed by atoms with E-state index in [0.717, 1.165) is 33.9 Å². The molecular weight excluding hydrogens is 686 g/mol. The molecule has 31 heavy (non-hydrogen) atoms. The van der Waals surface area contributed by atoms with Crippen molar-refractivity contribution in [1.29, 1.82) is 0 Å². The van der Waals surface area contributed by atoms with Crippen LogP contribution in [0.4, 0.5) is 0 Å². The molecule has 1 amide bonds. The first kappa shape index (κ1) is 22.3. The Bertz CT molecular complexity index is 1270. The summed E-state index contributed by atoms with van der Waals surface area (Å²) >= 11 is 7.85. The Kier molecular flexibility index (Phi) is 7.28. The minimum Gasteiger partial charge on any atom is -0.488 e. The predicted octanol–water partition coefficient (Wildman–Crippen LogP) is 6.75. The van der Waals surface area contributed by atoms with Gasteiger partial charge in [-0.2, -0.15) is 5.10 Å². The van der Waals surface area contributed by atoms with E-state index < -0.39 is 5.91 Å². The van der Waals surface area contributed by atoms with Gasteiger partial charge in [0.05, 0.1) is 13.4 Å². The zero-order valence-corrected chi connectivity index (χ0v) is 21.8. The molecular formula is C23H15BrI2N2O3. The average Bonchev–Trinajstić information content (AvgIpc) is 3.18. The average molecular weight is 701 g/mol. The van der Waals surface area contributed by atoms with Gasteiger partial charge in [0, 0.05) is 9.86 Å². The normalized spacial score (nSPS) is 11.2. The fourth-order valence-electron chi connectivity index (χ4n) is 2.86. The molecule has 0 aliphatic carbocycles. The molecule has 0 spiro atoms. The second kappa shape index (κ2) is 10.1.